The Hall–Kier alpha value is -0.940. The normalized spacial score (nSPS) is 22.5. The highest BCUT2D eigenvalue weighted by atomic mass is 16.5. The first-order valence-corrected chi connectivity index (χ1v) is 6.07. The Bertz CT molecular complexity index is 326. The van der Waals surface area contributed by atoms with Crippen LogP contribution in [0.5, 0.6) is 0 Å². The highest BCUT2D eigenvalue weighted by molar-refractivity contribution is 4.88. The van der Waals surface area contributed by atoms with Gasteiger partial charge < -0.3 is 10.3 Å². The molecule has 1 atom stereocenters. The first-order chi connectivity index (χ1) is 7.78. The van der Waals surface area contributed by atoms with Gasteiger partial charge in [0.05, 0.1) is 6.54 Å². The van der Waals surface area contributed by atoms with Crippen LogP contribution in [-0.4, -0.2) is 34.2 Å². The summed E-state index contributed by atoms with van der Waals surface area (Å²) in [5.41, 5.74) is 5.93. The molecule has 1 saturated heterocycles. The van der Waals surface area contributed by atoms with Gasteiger partial charge in [-0.05, 0) is 25.8 Å². The van der Waals surface area contributed by atoms with Gasteiger partial charge in [0.1, 0.15) is 0 Å². The van der Waals surface area contributed by atoms with E-state index in [-0.39, 0.29) is 0 Å². The fraction of sp³-hybridized carbons (Fsp3) is 0.818. The maximum Gasteiger partial charge on any atom is 0.226 e. The second kappa shape index (κ2) is 5.41. The van der Waals surface area contributed by atoms with Crippen LogP contribution >= 0.6 is 0 Å². The summed E-state index contributed by atoms with van der Waals surface area (Å²) in [6.45, 7) is 4.90. The Kier molecular flexibility index (Phi) is 3.90. The van der Waals surface area contributed by atoms with Gasteiger partial charge in [-0.25, -0.2) is 0 Å². The first-order valence-electron chi connectivity index (χ1n) is 6.07. The Balaban J connectivity index is 1.87. The van der Waals surface area contributed by atoms with Crippen LogP contribution in [0.4, 0.5) is 0 Å². The van der Waals surface area contributed by atoms with E-state index in [0.717, 1.165) is 50.6 Å². The van der Waals surface area contributed by atoms with Crippen molar-refractivity contribution in [3.05, 3.63) is 11.7 Å². The van der Waals surface area contributed by atoms with Crippen molar-refractivity contribution < 1.29 is 4.52 Å². The minimum Gasteiger partial charge on any atom is -0.339 e. The van der Waals surface area contributed by atoms with E-state index in [9.17, 15) is 0 Å². The van der Waals surface area contributed by atoms with E-state index in [1.165, 1.54) is 6.42 Å². The molecule has 2 rings (SSSR count). The van der Waals surface area contributed by atoms with Crippen molar-refractivity contribution in [1.82, 2.24) is 15.0 Å². The van der Waals surface area contributed by atoms with Gasteiger partial charge in [0.15, 0.2) is 5.82 Å². The van der Waals surface area contributed by atoms with Crippen molar-refractivity contribution in [3.63, 3.8) is 0 Å². The van der Waals surface area contributed by atoms with Crippen molar-refractivity contribution in [2.75, 3.05) is 13.1 Å². The van der Waals surface area contributed by atoms with E-state index < -0.39 is 0 Å². The zero-order valence-corrected chi connectivity index (χ0v) is 9.85. The van der Waals surface area contributed by atoms with E-state index in [1.807, 2.05) is 0 Å². The van der Waals surface area contributed by atoms with Gasteiger partial charge in [-0.15, -0.1) is 0 Å². The number of nitrogens with two attached hydrogens (primary N) is 1. The van der Waals surface area contributed by atoms with Gasteiger partial charge in [0.25, 0.3) is 0 Å². The number of aryl methyl sites for hydroxylation is 1. The van der Waals surface area contributed by atoms with Crippen molar-refractivity contribution >= 4 is 0 Å². The molecule has 1 aromatic heterocycles. The first kappa shape index (κ1) is 11.5. The molecule has 2 heterocycles. The van der Waals surface area contributed by atoms with Gasteiger partial charge in [0.2, 0.25) is 5.89 Å². The lowest BCUT2D eigenvalue weighted by molar-refractivity contribution is 0.195. The number of aromatic nitrogens is 2. The second-order valence-electron chi connectivity index (χ2n) is 4.49. The predicted molar refractivity (Wildman–Crippen MR) is 60.8 cm³/mol. The van der Waals surface area contributed by atoms with Gasteiger partial charge in [-0.1, -0.05) is 12.1 Å². The second-order valence-corrected chi connectivity index (χ2v) is 4.49. The molecule has 5 nitrogen and oxygen atoms in total. The van der Waals surface area contributed by atoms with Gasteiger partial charge >= 0.3 is 0 Å². The SMILES string of the molecule is CCCc1nc(CN2CCC[C@@H](N)C2)no1. The molecule has 1 aromatic rings. The molecule has 1 fully saturated rings. The molecule has 5 heteroatoms. The Morgan fingerprint density at radius 2 is 2.44 bits per heavy atom. The molecule has 0 spiro atoms. The average molecular weight is 224 g/mol. The number of nitrogens with zero attached hydrogens (tertiary/aromatic N) is 3. The molecule has 0 aliphatic carbocycles. The fourth-order valence-corrected chi connectivity index (χ4v) is 2.10. The third-order valence-corrected chi connectivity index (χ3v) is 2.88. The lowest BCUT2D eigenvalue weighted by Crippen LogP contribution is -2.42. The minimum absolute atomic E-state index is 0.302. The lowest BCUT2D eigenvalue weighted by atomic mass is 10.1. The number of likely N-dealkylation sites (tertiary alicyclic amines) is 1. The molecular weight excluding hydrogens is 204 g/mol. The van der Waals surface area contributed by atoms with Gasteiger partial charge in [-0.2, -0.15) is 4.98 Å². The third kappa shape index (κ3) is 3.02. The van der Waals surface area contributed by atoms with Crippen LogP contribution in [0.3, 0.4) is 0 Å². The molecule has 16 heavy (non-hydrogen) atoms. The summed E-state index contributed by atoms with van der Waals surface area (Å²) in [5.74, 6) is 1.54. The lowest BCUT2D eigenvalue weighted by Gasteiger charge is -2.29. The number of piperidine rings is 1. The van der Waals surface area contributed by atoms with E-state index in [1.54, 1.807) is 0 Å². The van der Waals surface area contributed by atoms with Crippen molar-refractivity contribution in [2.45, 2.75) is 45.2 Å². The van der Waals surface area contributed by atoms with Crippen LogP contribution in [-0.2, 0) is 13.0 Å². The minimum atomic E-state index is 0.302. The monoisotopic (exact) mass is 224 g/mol. The van der Waals surface area contributed by atoms with E-state index in [0.29, 0.717) is 6.04 Å². The summed E-state index contributed by atoms with van der Waals surface area (Å²) in [4.78, 5) is 6.66. The van der Waals surface area contributed by atoms with Crippen molar-refractivity contribution in [3.8, 4) is 0 Å². The molecular formula is C11H20N4O. The highest BCUT2D eigenvalue weighted by Crippen LogP contribution is 2.11. The summed E-state index contributed by atoms with van der Waals surface area (Å²) in [7, 11) is 0. The molecule has 0 saturated carbocycles. The molecule has 0 aromatic carbocycles. The maximum atomic E-state index is 5.93. The standard InChI is InChI=1S/C11H20N4O/c1-2-4-11-13-10(14-16-11)8-15-6-3-5-9(12)7-15/h9H,2-8,12H2,1H3/t9-/m1/s1. The van der Waals surface area contributed by atoms with Crippen LogP contribution in [0, 0.1) is 0 Å². The van der Waals surface area contributed by atoms with Crippen molar-refractivity contribution in [1.29, 1.82) is 0 Å². The maximum absolute atomic E-state index is 5.93. The summed E-state index contributed by atoms with van der Waals surface area (Å²) in [6, 6.07) is 0.302. The quantitative estimate of drug-likeness (QED) is 0.824. The number of hydrogen-bond donors (Lipinski definition) is 1. The van der Waals surface area contributed by atoms with Crippen molar-refractivity contribution in [2.24, 2.45) is 5.73 Å². The molecule has 2 N–H and O–H groups in total. The molecule has 0 amide bonds. The van der Waals surface area contributed by atoms with Crippen LogP contribution in [0.1, 0.15) is 37.9 Å². The van der Waals surface area contributed by atoms with E-state index >= 15 is 0 Å². The summed E-state index contributed by atoms with van der Waals surface area (Å²) in [5, 5.41) is 3.99. The van der Waals surface area contributed by atoms with Gasteiger partial charge in [-0.3, -0.25) is 4.90 Å². The number of rotatable bonds is 4. The molecule has 1 aliphatic rings. The summed E-state index contributed by atoms with van der Waals surface area (Å²) >= 11 is 0. The van der Waals surface area contributed by atoms with Crippen LogP contribution in [0.25, 0.3) is 0 Å². The van der Waals surface area contributed by atoms with E-state index in [2.05, 4.69) is 22.0 Å². The van der Waals surface area contributed by atoms with Crippen LogP contribution in [0.15, 0.2) is 4.52 Å². The zero-order valence-electron chi connectivity index (χ0n) is 9.85. The molecule has 0 radical (unpaired) electrons. The zero-order chi connectivity index (χ0) is 11.4. The smallest absolute Gasteiger partial charge is 0.226 e. The molecule has 90 valence electrons. The van der Waals surface area contributed by atoms with Crippen LogP contribution in [0.2, 0.25) is 0 Å². The fourth-order valence-electron chi connectivity index (χ4n) is 2.10. The average Bonchev–Trinajstić information content (AvgIpc) is 2.66. The Morgan fingerprint density at radius 3 is 3.19 bits per heavy atom. The summed E-state index contributed by atoms with van der Waals surface area (Å²) < 4.78 is 5.15. The molecule has 0 bridgehead atoms. The Morgan fingerprint density at radius 1 is 1.56 bits per heavy atom. The predicted octanol–water partition coefficient (Wildman–Crippen LogP) is 0.945. The van der Waals surface area contributed by atoms with Gasteiger partial charge in [0, 0.05) is 19.0 Å². The molecule has 0 unspecified atom stereocenters. The Labute approximate surface area is 96.0 Å². The largest absolute Gasteiger partial charge is 0.339 e. The highest BCUT2D eigenvalue weighted by Gasteiger charge is 2.18. The molecule has 1 aliphatic heterocycles. The van der Waals surface area contributed by atoms with E-state index in [4.69, 9.17) is 10.3 Å². The number of hydrogen-bond acceptors (Lipinski definition) is 5. The topological polar surface area (TPSA) is 68.2 Å². The summed E-state index contributed by atoms with van der Waals surface area (Å²) in [6.07, 6.45) is 4.20. The van der Waals surface area contributed by atoms with Crippen LogP contribution < -0.4 is 5.73 Å². The third-order valence-electron chi connectivity index (χ3n) is 2.88.